The second kappa shape index (κ2) is 4.60. The van der Waals surface area contributed by atoms with Crippen LogP contribution in [0.25, 0.3) is 10.9 Å². The van der Waals surface area contributed by atoms with Crippen molar-refractivity contribution >= 4 is 22.5 Å². The van der Waals surface area contributed by atoms with E-state index >= 15 is 0 Å². The van der Waals surface area contributed by atoms with Gasteiger partial charge >= 0.3 is 0 Å². The SMILES string of the molecule is Cc1c(C(CN)C2CCC2)[nH]c2ccc(Cl)cc12. The molecule has 1 aliphatic rings. The summed E-state index contributed by atoms with van der Waals surface area (Å²) in [6.07, 6.45) is 3.99. The summed E-state index contributed by atoms with van der Waals surface area (Å²) >= 11 is 6.08. The molecule has 1 aromatic heterocycles. The van der Waals surface area contributed by atoms with Gasteiger partial charge in [0.2, 0.25) is 0 Å². The van der Waals surface area contributed by atoms with Crippen molar-refractivity contribution in [2.45, 2.75) is 32.1 Å². The van der Waals surface area contributed by atoms with Crippen molar-refractivity contribution in [2.75, 3.05) is 6.54 Å². The van der Waals surface area contributed by atoms with Gasteiger partial charge in [-0.1, -0.05) is 18.0 Å². The van der Waals surface area contributed by atoms with E-state index in [-0.39, 0.29) is 0 Å². The summed E-state index contributed by atoms with van der Waals surface area (Å²) in [6, 6.07) is 6.04. The largest absolute Gasteiger partial charge is 0.358 e. The maximum atomic E-state index is 6.08. The Morgan fingerprint density at radius 1 is 1.44 bits per heavy atom. The third-order valence-corrected chi connectivity index (χ3v) is 4.64. The molecule has 96 valence electrons. The molecule has 3 heteroatoms. The summed E-state index contributed by atoms with van der Waals surface area (Å²) < 4.78 is 0. The Balaban J connectivity index is 2.07. The van der Waals surface area contributed by atoms with Crippen molar-refractivity contribution in [3.8, 4) is 0 Å². The van der Waals surface area contributed by atoms with Crippen LogP contribution < -0.4 is 5.73 Å². The number of halogens is 1. The van der Waals surface area contributed by atoms with E-state index in [0.717, 1.165) is 17.5 Å². The molecule has 18 heavy (non-hydrogen) atoms. The number of rotatable bonds is 3. The van der Waals surface area contributed by atoms with Crippen molar-refractivity contribution in [2.24, 2.45) is 11.7 Å². The Kier molecular flexibility index (Phi) is 3.08. The number of hydrogen-bond donors (Lipinski definition) is 2. The van der Waals surface area contributed by atoms with Crippen molar-refractivity contribution in [3.05, 3.63) is 34.5 Å². The molecular formula is C15H19ClN2. The lowest BCUT2D eigenvalue weighted by Crippen LogP contribution is -2.27. The molecule has 1 fully saturated rings. The maximum Gasteiger partial charge on any atom is 0.0459 e. The molecule has 1 atom stereocenters. The van der Waals surface area contributed by atoms with Crippen LogP contribution in [0.5, 0.6) is 0 Å². The van der Waals surface area contributed by atoms with Crippen LogP contribution in [0.2, 0.25) is 5.02 Å². The molecule has 3 rings (SSSR count). The summed E-state index contributed by atoms with van der Waals surface area (Å²) in [4.78, 5) is 3.55. The van der Waals surface area contributed by atoms with Gasteiger partial charge in [0.1, 0.15) is 0 Å². The summed E-state index contributed by atoms with van der Waals surface area (Å²) in [5.41, 5.74) is 9.79. The van der Waals surface area contributed by atoms with Gasteiger partial charge in [-0.05, 0) is 49.4 Å². The van der Waals surface area contributed by atoms with E-state index in [2.05, 4.69) is 18.0 Å². The molecule has 1 aromatic carbocycles. The lowest BCUT2D eigenvalue weighted by Gasteiger charge is -2.33. The highest BCUT2D eigenvalue weighted by atomic mass is 35.5. The van der Waals surface area contributed by atoms with Crippen molar-refractivity contribution in [1.82, 2.24) is 4.98 Å². The molecule has 3 N–H and O–H groups in total. The Labute approximate surface area is 113 Å². The molecule has 0 bridgehead atoms. The Bertz CT molecular complexity index is 569. The third-order valence-electron chi connectivity index (χ3n) is 4.40. The van der Waals surface area contributed by atoms with Crippen LogP contribution in [0.1, 0.15) is 36.4 Å². The second-order valence-corrected chi connectivity index (χ2v) is 5.82. The number of aromatic nitrogens is 1. The van der Waals surface area contributed by atoms with Gasteiger partial charge in [0.05, 0.1) is 0 Å². The number of H-pyrrole nitrogens is 1. The standard InChI is InChI=1S/C15H19ClN2/c1-9-12-7-11(16)5-6-14(12)18-15(9)13(8-17)10-3-2-4-10/h5-7,10,13,18H,2-4,8,17H2,1H3. The number of fused-ring (bicyclic) bond motifs is 1. The zero-order chi connectivity index (χ0) is 12.7. The molecule has 1 aliphatic carbocycles. The summed E-state index contributed by atoms with van der Waals surface area (Å²) in [5.74, 6) is 1.24. The minimum atomic E-state index is 0.477. The van der Waals surface area contributed by atoms with Gasteiger partial charge in [0.25, 0.3) is 0 Å². The van der Waals surface area contributed by atoms with Crippen LogP contribution in [0.3, 0.4) is 0 Å². The van der Waals surface area contributed by atoms with E-state index in [1.54, 1.807) is 0 Å². The van der Waals surface area contributed by atoms with Gasteiger partial charge in [-0.25, -0.2) is 0 Å². The summed E-state index contributed by atoms with van der Waals surface area (Å²) in [7, 11) is 0. The van der Waals surface area contributed by atoms with Crippen LogP contribution in [-0.4, -0.2) is 11.5 Å². The minimum Gasteiger partial charge on any atom is -0.358 e. The number of nitrogens with two attached hydrogens (primary N) is 1. The molecule has 1 saturated carbocycles. The molecule has 0 saturated heterocycles. The average Bonchev–Trinajstić information content (AvgIpc) is 2.61. The van der Waals surface area contributed by atoms with Crippen LogP contribution in [0, 0.1) is 12.8 Å². The number of nitrogens with one attached hydrogen (secondary N) is 1. The lowest BCUT2D eigenvalue weighted by atomic mass is 9.74. The van der Waals surface area contributed by atoms with E-state index in [4.69, 9.17) is 17.3 Å². The van der Waals surface area contributed by atoms with E-state index in [0.29, 0.717) is 5.92 Å². The van der Waals surface area contributed by atoms with Crippen LogP contribution in [-0.2, 0) is 0 Å². The zero-order valence-electron chi connectivity index (χ0n) is 10.7. The third kappa shape index (κ3) is 1.84. The number of benzene rings is 1. The topological polar surface area (TPSA) is 41.8 Å². The molecular weight excluding hydrogens is 244 g/mol. The summed E-state index contributed by atoms with van der Waals surface area (Å²) in [6.45, 7) is 2.90. The van der Waals surface area contributed by atoms with E-state index in [1.165, 1.54) is 41.4 Å². The first-order chi connectivity index (χ1) is 8.70. The molecule has 0 radical (unpaired) electrons. The predicted octanol–water partition coefficient (Wildman–Crippen LogP) is 3.97. The Morgan fingerprint density at radius 2 is 2.22 bits per heavy atom. The van der Waals surface area contributed by atoms with Gasteiger partial charge in [0, 0.05) is 34.1 Å². The quantitative estimate of drug-likeness (QED) is 0.863. The summed E-state index contributed by atoms with van der Waals surface area (Å²) in [5, 5.41) is 2.03. The first-order valence-corrected chi connectivity index (χ1v) is 7.06. The normalized spacial score (nSPS) is 17.9. The maximum absolute atomic E-state index is 6.08. The molecule has 0 amide bonds. The fraction of sp³-hybridized carbons (Fsp3) is 0.467. The zero-order valence-corrected chi connectivity index (χ0v) is 11.4. The average molecular weight is 263 g/mol. The number of aryl methyl sites for hydroxylation is 1. The molecule has 2 aromatic rings. The van der Waals surface area contributed by atoms with Crippen LogP contribution in [0.4, 0.5) is 0 Å². The highest BCUT2D eigenvalue weighted by Gasteiger charge is 2.29. The van der Waals surface area contributed by atoms with Crippen molar-refractivity contribution in [3.63, 3.8) is 0 Å². The first-order valence-electron chi connectivity index (χ1n) is 6.68. The molecule has 1 heterocycles. The van der Waals surface area contributed by atoms with Gasteiger partial charge in [-0.2, -0.15) is 0 Å². The monoisotopic (exact) mass is 262 g/mol. The minimum absolute atomic E-state index is 0.477. The smallest absolute Gasteiger partial charge is 0.0459 e. The Morgan fingerprint density at radius 3 is 2.83 bits per heavy atom. The van der Waals surface area contributed by atoms with Crippen LogP contribution >= 0.6 is 11.6 Å². The highest BCUT2D eigenvalue weighted by molar-refractivity contribution is 6.31. The first kappa shape index (κ1) is 12.1. The Hall–Kier alpha value is -0.990. The van der Waals surface area contributed by atoms with E-state index in [1.807, 2.05) is 12.1 Å². The second-order valence-electron chi connectivity index (χ2n) is 5.39. The van der Waals surface area contributed by atoms with Crippen LogP contribution in [0.15, 0.2) is 18.2 Å². The van der Waals surface area contributed by atoms with Gasteiger partial charge in [-0.15, -0.1) is 0 Å². The van der Waals surface area contributed by atoms with E-state index < -0.39 is 0 Å². The molecule has 2 nitrogen and oxygen atoms in total. The molecule has 0 spiro atoms. The van der Waals surface area contributed by atoms with Gasteiger partial charge < -0.3 is 10.7 Å². The molecule has 1 unspecified atom stereocenters. The molecule has 0 aliphatic heterocycles. The van der Waals surface area contributed by atoms with Gasteiger partial charge in [0.15, 0.2) is 0 Å². The van der Waals surface area contributed by atoms with Crippen molar-refractivity contribution in [1.29, 1.82) is 0 Å². The highest BCUT2D eigenvalue weighted by Crippen LogP contribution is 2.40. The fourth-order valence-electron chi connectivity index (χ4n) is 3.08. The van der Waals surface area contributed by atoms with Gasteiger partial charge in [-0.3, -0.25) is 0 Å². The number of hydrogen-bond acceptors (Lipinski definition) is 1. The lowest BCUT2D eigenvalue weighted by molar-refractivity contribution is 0.261. The predicted molar refractivity (Wildman–Crippen MR) is 77.2 cm³/mol. The number of aromatic amines is 1. The van der Waals surface area contributed by atoms with E-state index in [9.17, 15) is 0 Å². The fourth-order valence-corrected chi connectivity index (χ4v) is 3.25. The van der Waals surface area contributed by atoms with Crippen molar-refractivity contribution < 1.29 is 0 Å².